The molecular formula is C51H85O12P. The lowest BCUT2D eigenvalue weighted by Gasteiger charge is -2.41. The first kappa shape index (κ1) is 59.3. The minimum Gasteiger partial charge on any atom is -0.457 e. The Balaban J connectivity index is 2.44. The predicted molar refractivity (Wildman–Crippen MR) is 257 cm³/mol. The van der Waals surface area contributed by atoms with Gasteiger partial charge in [0, 0.05) is 13.0 Å². The fourth-order valence-corrected chi connectivity index (χ4v) is 7.59. The van der Waals surface area contributed by atoms with Gasteiger partial charge >= 0.3 is 13.8 Å². The van der Waals surface area contributed by atoms with E-state index in [0.29, 0.717) is 13.0 Å². The molecule has 6 N–H and O–H groups in total. The predicted octanol–water partition coefficient (Wildman–Crippen LogP) is 10.3. The molecular weight excluding hydrogens is 836 g/mol. The van der Waals surface area contributed by atoms with Crippen LogP contribution in [0.2, 0.25) is 0 Å². The molecule has 0 amide bonds. The van der Waals surface area contributed by atoms with Crippen molar-refractivity contribution in [2.24, 2.45) is 0 Å². The maximum absolute atomic E-state index is 12.8. The van der Waals surface area contributed by atoms with Crippen molar-refractivity contribution in [2.75, 3.05) is 19.8 Å². The zero-order valence-electron chi connectivity index (χ0n) is 39.0. The fraction of sp³-hybridized carbons (Fsp3) is 0.667. The molecule has 1 rings (SSSR count). The second-order valence-electron chi connectivity index (χ2n) is 16.2. The van der Waals surface area contributed by atoms with E-state index in [2.05, 4.69) is 111 Å². The van der Waals surface area contributed by atoms with Gasteiger partial charge in [0.1, 0.15) is 42.7 Å². The van der Waals surface area contributed by atoms with E-state index in [1.54, 1.807) is 0 Å². The van der Waals surface area contributed by atoms with Gasteiger partial charge in [-0.2, -0.15) is 0 Å². The topological polar surface area (TPSA) is 192 Å². The second-order valence-corrected chi connectivity index (χ2v) is 17.6. The van der Waals surface area contributed by atoms with Crippen LogP contribution in [0.4, 0.5) is 0 Å². The number of carbonyl (C=O) groups is 1. The Hall–Kier alpha value is -2.74. The lowest BCUT2D eigenvalue weighted by atomic mass is 9.85. The lowest BCUT2D eigenvalue weighted by molar-refractivity contribution is -0.220. The van der Waals surface area contributed by atoms with Crippen LogP contribution in [-0.4, -0.2) is 98.9 Å². The maximum atomic E-state index is 12.8. The fourth-order valence-electron chi connectivity index (χ4n) is 6.62. The van der Waals surface area contributed by atoms with Crippen molar-refractivity contribution in [3.63, 3.8) is 0 Å². The van der Waals surface area contributed by atoms with E-state index in [-0.39, 0.29) is 13.0 Å². The van der Waals surface area contributed by atoms with E-state index in [0.717, 1.165) is 103 Å². The highest BCUT2D eigenvalue weighted by molar-refractivity contribution is 7.47. The number of hydrogen-bond acceptors (Lipinski definition) is 11. The van der Waals surface area contributed by atoms with Crippen LogP contribution in [0, 0.1) is 0 Å². The summed E-state index contributed by atoms with van der Waals surface area (Å²) in [6.45, 7) is 3.99. The molecule has 6 atom stereocenters. The monoisotopic (exact) mass is 921 g/mol. The molecule has 1 aliphatic rings. The molecule has 64 heavy (non-hydrogen) atoms. The van der Waals surface area contributed by atoms with Crippen LogP contribution in [0.5, 0.6) is 0 Å². The molecule has 0 aromatic carbocycles. The molecule has 0 heterocycles. The van der Waals surface area contributed by atoms with Crippen molar-refractivity contribution in [3.8, 4) is 0 Å². The number of unbranched alkanes of at least 4 members (excludes halogenated alkanes) is 11. The number of aliphatic hydroxyl groups is 5. The van der Waals surface area contributed by atoms with Crippen LogP contribution in [-0.2, 0) is 27.9 Å². The van der Waals surface area contributed by atoms with Crippen LogP contribution in [0.15, 0.2) is 97.2 Å². The molecule has 0 radical (unpaired) electrons. The molecule has 6 unspecified atom stereocenters. The first-order valence-corrected chi connectivity index (χ1v) is 25.6. The van der Waals surface area contributed by atoms with Crippen LogP contribution in [0.3, 0.4) is 0 Å². The van der Waals surface area contributed by atoms with Gasteiger partial charge in [0.05, 0.1) is 13.2 Å². The second kappa shape index (κ2) is 40.5. The van der Waals surface area contributed by atoms with Gasteiger partial charge in [-0.15, -0.1) is 0 Å². The third kappa shape index (κ3) is 32.0. The number of aliphatic hydroxyl groups excluding tert-OH is 5. The van der Waals surface area contributed by atoms with E-state index in [1.807, 2.05) is 0 Å². The van der Waals surface area contributed by atoms with Crippen molar-refractivity contribution < 1.29 is 58.3 Å². The van der Waals surface area contributed by atoms with Gasteiger partial charge in [-0.1, -0.05) is 150 Å². The smallest absolute Gasteiger partial charge is 0.457 e. The number of phosphoric acid groups is 1. The summed E-state index contributed by atoms with van der Waals surface area (Å²) in [5.41, 5.74) is 0. The average molecular weight is 921 g/mol. The Morgan fingerprint density at radius 3 is 1.41 bits per heavy atom. The van der Waals surface area contributed by atoms with E-state index >= 15 is 0 Å². The van der Waals surface area contributed by atoms with Crippen molar-refractivity contribution in [1.29, 1.82) is 0 Å². The minimum atomic E-state index is -5.04. The van der Waals surface area contributed by atoms with Crippen LogP contribution in [0.1, 0.15) is 155 Å². The van der Waals surface area contributed by atoms with Gasteiger partial charge in [0.25, 0.3) is 0 Å². The normalized spacial score (nSPS) is 22.6. The van der Waals surface area contributed by atoms with Crippen molar-refractivity contribution in [1.82, 2.24) is 0 Å². The number of carbonyl (C=O) groups excluding carboxylic acids is 1. The molecule has 1 aliphatic carbocycles. The van der Waals surface area contributed by atoms with Gasteiger partial charge in [-0.25, -0.2) is 4.57 Å². The average Bonchev–Trinajstić information content (AvgIpc) is 3.28. The maximum Gasteiger partial charge on any atom is 0.472 e. The van der Waals surface area contributed by atoms with Crippen LogP contribution >= 0.6 is 7.82 Å². The molecule has 1 fully saturated rings. The van der Waals surface area contributed by atoms with E-state index in [1.165, 1.54) is 25.7 Å². The Morgan fingerprint density at radius 2 is 0.922 bits per heavy atom. The number of rotatable bonds is 39. The van der Waals surface area contributed by atoms with Gasteiger partial charge < -0.3 is 39.9 Å². The lowest BCUT2D eigenvalue weighted by Crippen LogP contribution is -2.64. The molecule has 0 aromatic rings. The highest BCUT2D eigenvalue weighted by Crippen LogP contribution is 2.47. The Labute approximate surface area is 385 Å². The Kier molecular flexibility index (Phi) is 37.5. The number of phosphoric ester groups is 1. The number of allylic oxidation sites excluding steroid dienone is 16. The first-order valence-electron chi connectivity index (χ1n) is 24.1. The summed E-state index contributed by atoms with van der Waals surface area (Å²) < 4.78 is 34.2. The molecule has 0 bridgehead atoms. The summed E-state index contributed by atoms with van der Waals surface area (Å²) in [6, 6.07) is 0. The molecule has 13 heteroatoms. The van der Waals surface area contributed by atoms with E-state index < -0.39 is 63.1 Å². The number of esters is 1. The highest BCUT2D eigenvalue weighted by Gasteiger charge is 2.51. The Morgan fingerprint density at radius 1 is 0.516 bits per heavy atom. The third-order valence-electron chi connectivity index (χ3n) is 10.4. The zero-order valence-corrected chi connectivity index (χ0v) is 39.9. The number of hydrogen-bond donors (Lipinski definition) is 6. The van der Waals surface area contributed by atoms with E-state index in [9.17, 15) is 39.8 Å². The standard InChI is InChI=1S/C51H85O12P/c1-3-5-7-9-11-13-15-17-19-21-23-24-26-28-30-32-34-36-38-40-45(52)62-44(43-61-64(58,59)63-51-49(56)47(54)46(53)48(55)50(51)57)42-60-41-39-37-35-33-31-29-27-25-22-20-18-16-14-12-10-8-6-4-2/h6,8,11-14,17-20,23-25,27,31,33,44,46-51,53-57H,3-5,7,9-10,15-16,21-22,26,28-30,32,34-43H2,1-2H3,(H,58,59)/b8-6-,13-11-,14-12-,19-17-,20-18-,24-23-,27-25-,33-31-. The van der Waals surface area contributed by atoms with Gasteiger partial charge in [0.2, 0.25) is 0 Å². The molecule has 0 aromatic heterocycles. The SMILES string of the molecule is CC/C=C\C/C=C\C/C=C\C/C=C\C/C=C\CCCCOCC(COP(=O)(O)OC1C(O)C(O)C(O)C(O)C1O)OC(=O)CCCCCCCC/C=C\C/C=C\C/C=C\CCCCC. The van der Waals surface area contributed by atoms with Gasteiger partial charge in [0.15, 0.2) is 0 Å². The molecule has 0 spiro atoms. The molecule has 12 nitrogen and oxygen atoms in total. The summed E-state index contributed by atoms with van der Waals surface area (Å²) in [4.78, 5) is 23.2. The van der Waals surface area contributed by atoms with E-state index in [4.69, 9.17) is 18.5 Å². The van der Waals surface area contributed by atoms with Gasteiger partial charge in [-0.3, -0.25) is 13.8 Å². The largest absolute Gasteiger partial charge is 0.472 e. The molecule has 0 aliphatic heterocycles. The summed E-state index contributed by atoms with van der Waals surface area (Å²) in [5.74, 6) is -0.509. The molecule has 366 valence electrons. The van der Waals surface area contributed by atoms with Crippen LogP contribution in [0.25, 0.3) is 0 Å². The molecule has 0 saturated heterocycles. The van der Waals surface area contributed by atoms with Crippen molar-refractivity contribution in [3.05, 3.63) is 97.2 Å². The summed E-state index contributed by atoms with van der Waals surface area (Å²) >= 11 is 0. The van der Waals surface area contributed by atoms with Crippen LogP contribution < -0.4 is 0 Å². The van der Waals surface area contributed by atoms with Gasteiger partial charge in [-0.05, 0) is 96.3 Å². The quantitative estimate of drug-likeness (QED) is 0.0148. The molecule has 1 saturated carbocycles. The summed E-state index contributed by atoms with van der Waals surface area (Å²) in [5, 5.41) is 50.2. The number of ether oxygens (including phenoxy) is 2. The van der Waals surface area contributed by atoms with Crippen molar-refractivity contribution >= 4 is 13.8 Å². The third-order valence-corrected chi connectivity index (χ3v) is 11.4. The van der Waals surface area contributed by atoms with Crippen molar-refractivity contribution in [2.45, 2.75) is 198 Å². The minimum absolute atomic E-state index is 0.118. The zero-order chi connectivity index (χ0) is 46.9. The Bertz CT molecular complexity index is 1420. The highest BCUT2D eigenvalue weighted by atomic mass is 31.2. The summed E-state index contributed by atoms with van der Waals surface area (Å²) in [6.07, 6.45) is 43.3. The first-order chi connectivity index (χ1) is 31.0. The summed E-state index contributed by atoms with van der Waals surface area (Å²) in [7, 11) is -5.04.